The summed E-state index contributed by atoms with van der Waals surface area (Å²) in [5.41, 5.74) is 1.99. The zero-order valence-corrected chi connectivity index (χ0v) is 11.6. The van der Waals surface area contributed by atoms with Crippen LogP contribution in [0.15, 0.2) is 51.9 Å². The van der Waals surface area contributed by atoms with Gasteiger partial charge in [-0.1, -0.05) is 0 Å². The molecule has 5 nitrogen and oxygen atoms in total. The molecule has 0 radical (unpaired) electrons. The minimum Gasteiger partial charge on any atom is -0.619 e. The molecule has 2 aromatic heterocycles. The number of rotatable bonds is 2. The molecule has 0 amide bonds. The van der Waals surface area contributed by atoms with Crippen molar-refractivity contribution in [2.45, 2.75) is 6.92 Å². The van der Waals surface area contributed by atoms with E-state index in [1.54, 1.807) is 25.3 Å². The lowest BCUT2D eigenvalue weighted by atomic mass is 10.0. The molecule has 5 heteroatoms. The molecule has 0 saturated carbocycles. The third-order valence-electron chi connectivity index (χ3n) is 3.47. The van der Waals surface area contributed by atoms with Gasteiger partial charge in [0.1, 0.15) is 11.3 Å². The van der Waals surface area contributed by atoms with E-state index in [1.807, 2.05) is 19.1 Å². The quantitative estimate of drug-likeness (QED) is 0.411. The third kappa shape index (κ3) is 2.23. The number of fused-ring (bicyclic) bond motifs is 1. The number of hydrogen-bond donors (Lipinski definition) is 0. The fourth-order valence-corrected chi connectivity index (χ4v) is 2.38. The lowest BCUT2D eigenvalue weighted by molar-refractivity contribution is -0.605. The number of ether oxygens (including phenoxy) is 1. The molecule has 1 aromatic carbocycles. The first kappa shape index (κ1) is 13.2. The first-order valence-electron chi connectivity index (χ1n) is 6.41. The van der Waals surface area contributed by atoms with Crippen LogP contribution in [0.5, 0.6) is 5.75 Å². The van der Waals surface area contributed by atoms with Crippen molar-refractivity contribution in [3.63, 3.8) is 0 Å². The molecular weight excluding hydrogens is 270 g/mol. The Kier molecular flexibility index (Phi) is 3.10. The van der Waals surface area contributed by atoms with Crippen LogP contribution in [0.4, 0.5) is 0 Å². The van der Waals surface area contributed by atoms with Gasteiger partial charge in [0, 0.05) is 29.1 Å². The molecule has 0 unspecified atom stereocenters. The average molecular weight is 283 g/mol. The summed E-state index contributed by atoms with van der Waals surface area (Å²) >= 11 is 0. The number of benzene rings is 1. The first-order chi connectivity index (χ1) is 10.1. The summed E-state index contributed by atoms with van der Waals surface area (Å²) in [7, 11) is 1.56. The zero-order valence-electron chi connectivity index (χ0n) is 11.6. The van der Waals surface area contributed by atoms with Crippen molar-refractivity contribution >= 4 is 11.0 Å². The molecule has 3 aromatic rings. The Bertz CT molecular complexity index is 866. The van der Waals surface area contributed by atoms with Crippen molar-refractivity contribution in [1.82, 2.24) is 0 Å². The van der Waals surface area contributed by atoms with E-state index in [9.17, 15) is 10.0 Å². The first-order valence-corrected chi connectivity index (χ1v) is 6.41. The van der Waals surface area contributed by atoms with E-state index in [2.05, 4.69) is 0 Å². The van der Waals surface area contributed by atoms with Gasteiger partial charge in [0.25, 0.3) is 0 Å². The summed E-state index contributed by atoms with van der Waals surface area (Å²) in [4.78, 5) is 12.2. The van der Waals surface area contributed by atoms with E-state index in [4.69, 9.17) is 9.15 Å². The molecule has 2 heterocycles. The highest BCUT2D eigenvalue weighted by molar-refractivity contribution is 5.87. The smallest absolute Gasteiger partial charge is 0.344 e. The van der Waals surface area contributed by atoms with Crippen molar-refractivity contribution in [1.29, 1.82) is 0 Å². The van der Waals surface area contributed by atoms with Gasteiger partial charge in [0.05, 0.1) is 12.7 Å². The standard InChI is InChI=1S/C16H13NO4/c1-10-13-4-3-12(20-2)9-14(13)21-16(18)15(10)11-5-7-17(19)8-6-11/h3-9H,1-2H3. The molecular formula is C16H13NO4. The van der Waals surface area contributed by atoms with Crippen LogP contribution in [-0.4, -0.2) is 7.11 Å². The van der Waals surface area contributed by atoms with Crippen molar-refractivity contribution in [3.05, 3.63) is 63.9 Å². The largest absolute Gasteiger partial charge is 0.619 e. The van der Waals surface area contributed by atoms with Gasteiger partial charge in [0.15, 0.2) is 12.4 Å². The molecule has 21 heavy (non-hydrogen) atoms. The van der Waals surface area contributed by atoms with Crippen LogP contribution in [0, 0.1) is 12.1 Å². The van der Waals surface area contributed by atoms with Gasteiger partial charge in [-0.15, -0.1) is 0 Å². The maximum atomic E-state index is 12.2. The van der Waals surface area contributed by atoms with E-state index in [1.165, 1.54) is 12.4 Å². The van der Waals surface area contributed by atoms with E-state index < -0.39 is 5.63 Å². The topological polar surface area (TPSA) is 66.4 Å². The Morgan fingerprint density at radius 3 is 2.57 bits per heavy atom. The summed E-state index contributed by atoms with van der Waals surface area (Å²) in [6.07, 6.45) is 2.71. The van der Waals surface area contributed by atoms with Gasteiger partial charge >= 0.3 is 5.63 Å². The molecule has 106 valence electrons. The molecule has 0 bridgehead atoms. The number of nitrogens with zero attached hydrogens (tertiary/aromatic N) is 1. The Balaban J connectivity index is 2.29. The second kappa shape index (κ2) is 4.94. The molecule has 0 fully saturated rings. The van der Waals surface area contributed by atoms with Crippen LogP contribution in [0.2, 0.25) is 0 Å². The lowest BCUT2D eigenvalue weighted by Crippen LogP contribution is -2.23. The fraction of sp³-hybridized carbons (Fsp3) is 0.125. The number of methoxy groups -OCH3 is 1. The second-order valence-corrected chi connectivity index (χ2v) is 4.70. The number of aromatic nitrogens is 1. The van der Waals surface area contributed by atoms with Crippen molar-refractivity contribution in [2.75, 3.05) is 7.11 Å². The van der Waals surface area contributed by atoms with Gasteiger partial charge in [-0.3, -0.25) is 0 Å². The highest BCUT2D eigenvalue weighted by Crippen LogP contribution is 2.28. The summed E-state index contributed by atoms with van der Waals surface area (Å²) < 4.78 is 11.2. The maximum absolute atomic E-state index is 12.2. The van der Waals surface area contributed by atoms with E-state index >= 15 is 0 Å². The van der Waals surface area contributed by atoms with Gasteiger partial charge < -0.3 is 14.4 Å². The minimum absolute atomic E-state index is 0.433. The Labute approximate surface area is 120 Å². The predicted molar refractivity (Wildman–Crippen MR) is 78.2 cm³/mol. The molecule has 0 aliphatic heterocycles. The van der Waals surface area contributed by atoms with Crippen molar-refractivity contribution < 1.29 is 13.9 Å². The molecule has 0 atom stereocenters. The Morgan fingerprint density at radius 1 is 1.19 bits per heavy atom. The van der Waals surface area contributed by atoms with Gasteiger partial charge in [-0.25, -0.2) is 4.79 Å². The number of aryl methyl sites for hydroxylation is 1. The zero-order chi connectivity index (χ0) is 15.0. The van der Waals surface area contributed by atoms with Crippen molar-refractivity contribution in [3.8, 4) is 16.9 Å². The fourth-order valence-electron chi connectivity index (χ4n) is 2.38. The second-order valence-electron chi connectivity index (χ2n) is 4.70. The highest BCUT2D eigenvalue weighted by Gasteiger charge is 2.14. The number of pyridine rings is 1. The van der Waals surface area contributed by atoms with Crippen molar-refractivity contribution in [2.24, 2.45) is 0 Å². The number of hydrogen-bond acceptors (Lipinski definition) is 4. The van der Waals surface area contributed by atoms with Gasteiger partial charge in [-0.2, -0.15) is 4.73 Å². The van der Waals surface area contributed by atoms with Crippen LogP contribution < -0.4 is 15.1 Å². The van der Waals surface area contributed by atoms with Crippen LogP contribution in [0.25, 0.3) is 22.1 Å². The van der Waals surface area contributed by atoms with Crippen LogP contribution >= 0.6 is 0 Å². The lowest BCUT2D eigenvalue weighted by Gasteiger charge is -2.08. The van der Waals surface area contributed by atoms with Gasteiger partial charge in [0.2, 0.25) is 0 Å². The Hall–Kier alpha value is -2.82. The van der Waals surface area contributed by atoms with E-state index in [-0.39, 0.29) is 0 Å². The predicted octanol–water partition coefficient (Wildman–Crippen LogP) is 2.41. The summed E-state index contributed by atoms with van der Waals surface area (Å²) in [5, 5.41) is 11.9. The van der Waals surface area contributed by atoms with Gasteiger partial charge in [-0.05, 0) is 24.6 Å². The molecule has 0 N–H and O–H groups in total. The molecule has 0 aliphatic carbocycles. The summed E-state index contributed by atoms with van der Waals surface area (Å²) in [6.45, 7) is 1.86. The van der Waals surface area contributed by atoms with E-state index in [0.717, 1.165) is 10.9 Å². The maximum Gasteiger partial charge on any atom is 0.344 e. The van der Waals surface area contributed by atoms with Crippen LogP contribution in [-0.2, 0) is 0 Å². The molecule has 0 aliphatic rings. The van der Waals surface area contributed by atoms with Crippen LogP contribution in [0.3, 0.4) is 0 Å². The average Bonchev–Trinajstić information content (AvgIpc) is 2.48. The SMILES string of the molecule is COc1ccc2c(C)c(-c3cc[n+]([O-])cc3)c(=O)oc2c1. The summed E-state index contributed by atoms with van der Waals surface area (Å²) in [5.74, 6) is 0.630. The van der Waals surface area contributed by atoms with E-state index in [0.29, 0.717) is 27.2 Å². The normalized spacial score (nSPS) is 10.8. The highest BCUT2D eigenvalue weighted by atomic mass is 16.5. The molecule has 3 rings (SSSR count). The van der Waals surface area contributed by atoms with Crippen LogP contribution in [0.1, 0.15) is 5.56 Å². The Morgan fingerprint density at radius 2 is 1.90 bits per heavy atom. The summed E-state index contributed by atoms with van der Waals surface area (Å²) in [6, 6.07) is 8.55. The monoisotopic (exact) mass is 283 g/mol. The molecule has 0 spiro atoms. The molecule has 0 saturated heterocycles. The minimum atomic E-state index is -0.433. The third-order valence-corrected chi connectivity index (χ3v) is 3.47.